The first kappa shape index (κ1) is 12.3. The maximum atomic E-state index is 5.87. The quantitative estimate of drug-likeness (QED) is 0.742. The van der Waals surface area contributed by atoms with E-state index < -0.39 is 0 Å². The maximum Gasteiger partial charge on any atom is 0.153 e. The number of imidazole rings is 1. The standard InChI is InChI=1S/C17H17N3O/c1-11-5-3-7-13-15(11)20(2)17(19-13)12-6-4-8-14-16(12)21-10-9-18-14/h3-8,18H,9-10H2,1-2H3. The summed E-state index contributed by atoms with van der Waals surface area (Å²) in [5, 5.41) is 3.38. The summed E-state index contributed by atoms with van der Waals surface area (Å²) in [6, 6.07) is 12.4. The minimum Gasteiger partial charge on any atom is -0.489 e. The summed E-state index contributed by atoms with van der Waals surface area (Å²) < 4.78 is 8.03. The lowest BCUT2D eigenvalue weighted by atomic mass is 10.1. The number of hydrogen-bond donors (Lipinski definition) is 1. The minimum absolute atomic E-state index is 0.687. The van der Waals surface area contributed by atoms with E-state index in [4.69, 9.17) is 9.72 Å². The monoisotopic (exact) mass is 279 g/mol. The summed E-state index contributed by atoms with van der Waals surface area (Å²) in [6.45, 7) is 3.65. The molecule has 0 unspecified atom stereocenters. The fourth-order valence-electron chi connectivity index (χ4n) is 3.05. The molecular weight excluding hydrogens is 262 g/mol. The zero-order valence-corrected chi connectivity index (χ0v) is 12.2. The van der Waals surface area contributed by atoms with Gasteiger partial charge in [-0.05, 0) is 30.7 Å². The molecule has 0 saturated carbocycles. The second kappa shape index (κ2) is 4.52. The molecule has 0 radical (unpaired) electrons. The van der Waals surface area contributed by atoms with Gasteiger partial charge in [0.05, 0.1) is 22.3 Å². The van der Waals surface area contributed by atoms with E-state index in [1.54, 1.807) is 0 Å². The largest absolute Gasteiger partial charge is 0.489 e. The highest BCUT2D eigenvalue weighted by Gasteiger charge is 2.19. The number of nitrogens with zero attached hydrogens (tertiary/aromatic N) is 2. The van der Waals surface area contributed by atoms with Crippen molar-refractivity contribution in [3.63, 3.8) is 0 Å². The van der Waals surface area contributed by atoms with Crippen molar-refractivity contribution < 1.29 is 4.74 Å². The molecule has 2 aromatic carbocycles. The smallest absolute Gasteiger partial charge is 0.153 e. The molecule has 0 saturated heterocycles. The van der Waals surface area contributed by atoms with Crippen LogP contribution in [0.25, 0.3) is 22.4 Å². The van der Waals surface area contributed by atoms with Crippen LogP contribution in [-0.4, -0.2) is 22.7 Å². The average molecular weight is 279 g/mol. The van der Waals surface area contributed by atoms with Gasteiger partial charge in [0.15, 0.2) is 5.75 Å². The number of para-hydroxylation sites is 2. The third-order valence-corrected chi connectivity index (χ3v) is 4.02. The van der Waals surface area contributed by atoms with Crippen LogP contribution in [-0.2, 0) is 7.05 Å². The number of fused-ring (bicyclic) bond motifs is 2. The molecule has 2 heterocycles. The van der Waals surface area contributed by atoms with Crippen LogP contribution in [0.15, 0.2) is 36.4 Å². The van der Waals surface area contributed by atoms with Crippen LogP contribution in [0.1, 0.15) is 5.56 Å². The van der Waals surface area contributed by atoms with Gasteiger partial charge >= 0.3 is 0 Å². The summed E-state index contributed by atoms with van der Waals surface area (Å²) >= 11 is 0. The zero-order chi connectivity index (χ0) is 14.4. The van der Waals surface area contributed by atoms with Crippen molar-refractivity contribution in [3.05, 3.63) is 42.0 Å². The Labute approximate surface area is 123 Å². The molecule has 1 aliphatic heterocycles. The first-order chi connectivity index (χ1) is 10.3. The summed E-state index contributed by atoms with van der Waals surface area (Å²) in [5.74, 6) is 1.85. The van der Waals surface area contributed by atoms with Crippen LogP contribution < -0.4 is 10.1 Å². The molecule has 1 aromatic heterocycles. The van der Waals surface area contributed by atoms with Crippen molar-refractivity contribution in [1.29, 1.82) is 0 Å². The van der Waals surface area contributed by atoms with Crippen LogP contribution >= 0.6 is 0 Å². The van der Waals surface area contributed by atoms with Crippen molar-refractivity contribution in [2.45, 2.75) is 6.92 Å². The number of aryl methyl sites for hydroxylation is 2. The van der Waals surface area contributed by atoms with Crippen molar-refractivity contribution in [3.8, 4) is 17.1 Å². The first-order valence-electron chi connectivity index (χ1n) is 7.18. The van der Waals surface area contributed by atoms with Crippen LogP contribution in [0.2, 0.25) is 0 Å². The van der Waals surface area contributed by atoms with Gasteiger partial charge in [0, 0.05) is 13.6 Å². The second-order valence-electron chi connectivity index (χ2n) is 5.39. The molecule has 0 aliphatic carbocycles. The molecule has 1 N–H and O–H groups in total. The van der Waals surface area contributed by atoms with Gasteiger partial charge in [0.25, 0.3) is 0 Å². The van der Waals surface area contributed by atoms with E-state index in [1.807, 2.05) is 18.2 Å². The SMILES string of the molecule is Cc1cccc2nc(-c3cccc4c3OCCN4)n(C)c12. The highest BCUT2D eigenvalue weighted by molar-refractivity contribution is 5.86. The summed E-state index contributed by atoms with van der Waals surface area (Å²) in [7, 11) is 2.06. The Morgan fingerprint density at radius 3 is 2.90 bits per heavy atom. The van der Waals surface area contributed by atoms with Crippen LogP contribution in [0.4, 0.5) is 5.69 Å². The Morgan fingerprint density at radius 2 is 2.05 bits per heavy atom. The van der Waals surface area contributed by atoms with E-state index in [0.717, 1.165) is 34.9 Å². The fraction of sp³-hybridized carbons (Fsp3) is 0.235. The maximum absolute atomic E-state index is 5.87. The molecule has 0 fully saturated rings. The Morgan fingerprint density at radius 1 is 1.19 bits per heavy atom. The van der Waals surface area contributed by atoms with E-state index in [2.05, 4.69) is 42.1 Å². The third kappa shape index (κ3) is 1.79. The molecular formula is C17H17N3O. The lowest BCUT2D eigenvalue weighted by molar-refractivity contribution is 0.324. The van der Waals surface area contributed by atoms with Gasteiger partial charge in [-0.3, -0.25) is 0 Å². The fourth-order valence-corrected chi connectivity index (χ4v) is 3.05. The van der Waals surface area contributed by atoms with E-state index in [-0.39, 0.29) is 0 Å². The van der Waals surface area contributed by atoms with Crippen molar-refractivity contribution in [1.82, 2.24) is 9.55 Å². The highest BCUT2D eigenvalue weighted by atomic mass is 16.5. The molecule has 0 bridgehead atoms. The molecule has 4 nitrogen and oxygen atoms in total. The lowest BCUT2D eigenvalue weighted by Crippen LogP contribution is -2.18. The molecule has 21 heavy (non-hydrogen) atoms. The Balaban J connectivity index is 1.99. The predicted molar refractivity (Wildman–Crippen MR) is 84.9 cm³/mol. The lowest BCUT2D eigenvalue weighted by Gasteiger charge is -2.21. The van der Waals surface area contributed by atoms with Crippen LogP contribution in [0, 0.1) is 6.92 Å². The van der Waals surface area contributed by atoms with Crippen molar-refractivity contribution >= 4 is 16.7 Å². The van der Waals surface area contributed by atoms with Crippen molar-refractivity contribution in [2.24, 2.45) is 7.05 Å². The van der Waals surface area contributed by atoms with Gasteiger partial charge in [-0.15, -0.1) is 0 Å². The van der Waals surface area contributed by atoms with E-state index in [0.29, 0.717) is 6.61 Å². The summed E-state index contributed by atoms with van der Waals surface area (Å²) in [6.07, 6.45) is 0. The number of hydrogen-bond acceptors (Lipinski definition) is 3. The Bertz CT molecular complexity index is 835. The number of benzene rings is 2. The number of anilines is 1. The van der Waals surface area contributed by atoms with E-state index >= 15 is 0 Å². The van der Waals surface area contributed by atoms with Gasteiger partial charge in [0.1, 0.15) is 12.4 Å². The van der Waals surface area contributed by atoms with E-state index in [9.17, 15) is 0 Å². The molecule has 1 aliphatic rings. The number of aromatic nitrogens is 2. The third-order valence-electron chi connectivity index (χ3n) is 4.02. The molecule has 0 amide bonds. The molecule has 0 atom stereocenters. The average Bonchev–Trinajstić information content (AvgIpc) is 2.85. The molecule has 0 spiro atoms. The topological polar surface area (TPSA) is 39.1 Å². The Hall–Kier alpha value is -2.49. The van der Waals surface area contributed by atoms with Gasteiger partial charge < -0.3 is 14.6 Å². The number of ether oxygens (including phenoxy) is 1. The van der Waals surface area contributed by atoms with E-state index in [1.165, 1.54) is 11.1 Å². The summed E-state index contributed by atoms with van der Waals surface area (Å²) in [4.78, 5) is 4.81. The predicted octanol–water partition coefficient (Wildman–Crippen LogP) is 3.35. The number of rotatable bonds is 1. The second-order valence-corrected chi connectivity index (χ2v) is 5.39. The number of nitrogens with one attached hydrogen (secondary N) is 1. The Kier molecular flexibility index (Phi) is 2.64. The van der Waals surface area contributed by atoms with Crippen LogP contribution in [0.5, 0.6) is 5.75 Å². The van der Waals surface area contributed by atoms with Crippen LogP contribution in [0.3, 0.4) is 0 Å². The first-order valence-corrected chi connectivity index (χ1v) is 7.18. The molecule has 4 heteroatoms. The summed E-state index contributed by atoms with van der Waals surface area (Å²) in [5.41, 5.74) is 5.51. The highest BCUT2D eigenvalue weighted by Crippen LogP contribution is 2.38. The molecule has 4 rings (SSSR count). The minimum atomic E-state index is 0.687. The van der Waals surface area contributed by atoms with Gasteiger partial charge in [-0.1, -0.05) is 18.2 Å². The van der Waals surface area contributed by atoms with Gasteiger partial charge in [0.2, 0.25) is 0 Å². The molecule has 106 valence electrons. The van der Waals surface area contributed by atoms with Gasteiger partial charge in [-0.25, -0.2) is 4.98 Å². The van der Waals surface area contributed by atoms with Crippen molar-refractivity contribution in [2.75, 3.05) is 18.5 Å². The normalized spacial score (nSPS) is 13.6. The van der Waals surface area contributed by atoms with Gasteiger partial charge in [-0.2, -0.15) is 0 Å². The molecule has 3 aromatic rings. The zero-order valence-electron chi connectivity index (χ0n) is 12.2.